The molecule has 6 rings (SSSR count). The number of aromatic amines is 2. The zero-order valence-electron chi connectivity index (χ0n) is 19.4. The van der Waals surface area contributed by atoms with Crippen LogP contribution in [-0.2, 0) is 10.0 Å². The minimum Gasteiger partial charge on any atom is -0.361 e. The third-order valence-electron chi connectivity index (χ3n) is 7.88. The predicted octanol–water partition coefficient (Wildman–Crippen LogP) is 5.07. The fourth-order valence-corrected chi connectivity index (χ4v) is 7.72. The Balaban J connectivity index is 1.08. The Morgan fingerprint density at radius 1 is 0.912 bits per heavy atom. The van der Waals surface area contributed by atoms with Crippen molar-refractivity contribution >= 4 is 31.8 Å². The molecule has 7 heteroatoms. The molecule has 2 aliphatic rings. The van der Waals surface area contributed by atoms with Crippen molar-refractivity contribution in [1.29, 1.82) is 0 Å². The molecule has 2 aliphatic heterocycles. The zero-order chi connectivity index (χ0) is 23.1. The summed E-state index contributed by atoms with van der Waals surface area (Å²) in [6.45, 7) is 3.74. The van der Waals surface area contributed by atoms with E-state index in [0.717, 1.165) is 62.6 Å². The SMILES string of the molecule is O=S(=O)(c1ccc2cc[nH]c2c1)N1CCCC1CCN1CCC(c2c[nH]c3ccccc23)CC1. The topological polar surface area (TPSA) is 72.2 Å². The maximum absolute atomic E-state index is 13.4. The van der Waals surface area contributed by atoms with Gasteiger partial charge >= 0.3 is 0 Å². The molecule has 2 N–H and O–H groups in total. The van der Waals surface area contributed by atoms with Crippen LogP contribution in [-0.4, -0.2) is 59.8 Å². The van der Waals surface area contributed by atoms with Crippen LogP contribution in [0, 0.1) is 0 Å². The number of rotatable bonds is 6. The van der Waals surface area contributed by atoms with Crippen LogP contribution in [0.2, 0.25) is 0 Å². The van der Waals surface area contributed by atoms with E-state index < -0.39 is 10.0 Å². The fraction of sp³-hybridized carbons (Fsp3) is 0.407. The lowest BCUT2D eigenvalue weighted by Gasteiger charge is -2.33. The van der Waals surface area contributed by atoms with Crippen LogP contribution in [0.1, 0.15) is 43.6 Å². The summed E-state index contributed by atoms with van der Waals surface area (Å²) in [6, 6.07) is 16.0. The van der Waals surface area contributed by atoms with Gasteiger partial charge in [-0.3, -0.25) is 0 Å². The predicted molar refractivity (Wildman–Crippen MR) is 137 cm³/mol. The number of nitrogens with one attached hydrogen (secondary N) is 2. The number of piperidine rings is 1. The molecule has 2 fully saturated rings. The number of para-hydroxylation sites is 1. The molecule has 6 nitrogen and oxygen atoms in total. The summed E-state index contributed by atoms with van der Waals surface area (Å²) < 4.78 is 28.6. The maximum Gasteiger partial charge on any atom is 0.243 e. The number of sulfonamides is 1. The van der Waals surface area contributed by atoms with Crippen molar-refractivity contribution in [3.8, 4) is 0 Å². The molecule has 178 valence electrons. The maximum atomic E-state index is 13.4. The Kier molecular flexibility index (Phi) is 5.71. The Labute approximate surface area is 201 Å². The number of benzene rings is 2. The molecular formula is C27H32N4O2S. The highest BCUT2D eigenvalue weighted by molar-refractivity contribution is 7.89. The largest absolute Gasteiger partial charge is 0.361 e. The Hall–Kier alpha value is -2.61. The molecule has 0 amide bonds. The molecule has 0 aliphatic carbocycles. The minimum atomic E-state index is -3.48. The molecule has 34 heavy (non-hydrogen) atoms. The van der Waals surface area contributed by atoms with Crippen LogP contribution < -0.4 is 0 Å². The first kappa shape index (κ1) is 21.9. The van der Waals surface area contributed by atoms with E-state index in [1.54, 1.807) is 16.4 Å². The molecule has 2 saturated heterocycles. The van der Waals surface area contributed by atoms with Crippen LogP contribution in [0.15, 0.2) is 65.8 Å². The molecule has 4 heterocycles. The molecule has 1 atom stereocenters. The lowest BCUT2D eigenvalue weighted by Crippen LogP contribution is -2.40. The minimum absolute atomic E-state index is 0.0932. The van der Waals surface area contributed by atoms with Crippen molar-refractivity contribution in [1.82, 2.24) is 19.2 Å². The first-order valence-corrected chi connectivity index (χ1v) is 13.9. The highest BCUT2D eigenvalue weighted by Gasteiger charge is 2.35. The van der Waals surface area contributed by atoms with Crippen molar-refractivity contribution < 1.29 is 8.42 Å². The van der Waals surface area contributed by atoms with Gasteiger partial charge in [-0.05, 0) is 92.9 Å². The number of fused-ring (bicyclic) bond motifs is 2. The van der Waals surface area contributed by atoms with Crippen molar-refractivity contribution in [3.63, 3.8) is 0 Å². The number of likely N-dealkylation sites (tertiary alicyclic amines) is 1. The van der Waals surface area contributed by atoms with E-state index in [0.29, 0.717) is 17.4 Å². The van der Waals surface area contributed by atoms with Gasteiger partial charge in [0.15, 0.2) is 0 Å². The molecule has 0 saturated carbocycles. The number of hydrogen-bond acceptors (Lipinski definition) is 3. The van der Waals surface area contributed by atoms with E-state index in [2.05, 4.69) is 45.3 Å². The summed E-state index contributed by atoms with van der Waals surface area (Å²) >= 11 is 0. The highest BCUT2D eigenvalue weighted by Crippen LogP contribution is 2.34. The van der Waals surface area contributed by atoms with Crippen LogP contribution in [0.4, 0.5) is 0 Å². The number of aromatic nitrogens is 2. The van der Waals surface area contributed by atoms with Gasteiger partial charge in [-0.1, -0.05) is 24.3 Å². The highest BCUT2D eigenvalue weighted by atomic mass is 32.2. The smallest absolute Gasteiger partial charge is 0.243 e. The normalized spacial score (nSPS) is 21.1. The number of H-pyrrole nitrogens is 2. The van der Waals surface area contributed by atoms with Gasteiger partial charge in [0.05, 0.1) is 4.90 Å². The molecular weight excluding hydrogens is 444 g/mol. The molecule has 4 aromatic rings. The van der Waals surface area contributed by atoms with Crippen LogP contribution in [0.25, 0.3) is 21.8 Å². The summed E-state index contributed by atoms with van der Waals surface area (Å²) in [5.74, 6) is 0.596. The first-order valence-electron chi connectivity index (χ1n) is 12.5. The second-order valence-corrected chi connectivity index (χ2v) is 11.7. The Bertz CT molecular complexity index is 1400. The van der Waals surface area contributed by atoms with Gasteiger partial charge in [0.25, 0.3) is 0 Å². The summed E-state index contributed by atoms with van der Waals surface area (Å²) in [7, 11) is -3.48. The summed E-state index contributed by atoms with van der Waals surface area (Å²) in [4.78, 5) is 9.48. The Morgan fingerprint density at radius 2 is 1.76 bits per heavy atom. The summed E-state index contributed by atoms with van der Waals surface area (Å²) in [6.07, 6.45) is 9.16. The van der Waals surface area contributed by atoms with Gasteiger partial charge in [-0.2, -0.15) is 4.31 Å². The van der Waals surface area contributed by atoms with Crippen LogP contribution >= 0.6 is 0 Å². The zero-order valence-corrected chi connectivity index (χ0v) is 20.2. The third kappa shape index (κ3) is 3.96. The molecule has 2 aromatic heterocycles. The second-order valence-electron chi connectivity index (χ2n) is 9.83. The molecule has 1 unspecified atom stereocenters. The molecule has 0 spiro atoms. The van der Waals surface area contributed by atoms with Gasteiger partial charge in [-0.15, -0.1) is 0 Å². The molecule has 2 aromatic carbocycles. The number of nitrogens with zero attached hydrogens (tertiary/aromatic N) is 2. The quantitative estimate of drug-likeness (QED) is 0.408. The summed E-state index contributed by atoms with van der Waals surface area (Å²) in [5, 5.41) is 2.39. The lowest BCUT2D eigenvalue weighted by molar-refractivity contribution is 0.196. The van der Waals surface area contributed by atoms with E-state index in [4.69, 9.17) is 0 Å². The monoisotopic (exact) mass is 476 g/mol. The van der Waals surface area contributed by atoms with Crippen molar-refractivity contribution in [3.05, 3.63) is 66.5 Å². The fourth-order valence-electron chi connectivity index (χ4n) is 5.97. The van der Waals surface area contributed by atoms with Gasteiger partial charge in [0.2, 0.25) is 10.0 Å². The van der Waals surface area contributed by atoms with E-state index in [-0.39, 0.29) is 6.04 Å². The lowest BCUT2D eigenvalue weighted by atomic mass is 9.89. The molecule has 0 bridgehead atoms. The van der Waals surface area contributed by atoms with Crippen LogP contribution in [0.3, 0.4) is 0 Å². The number of hydrogen-bond donors (Lipinski definition) is 2. The van der Waals surface area contributed by atoms with Gasteiger partial charge in [-0.25, -0.2) is 8.42 Å². The van der Waals surface area contributed by atoms with Gasteiger partial charge in [0, 0.05) is 41.4 Å². The van der Waals surface area contributed by atoms with E-state index in [1.807, 2.05) is 18.3 Å². The average Bonchev–Trinajstić information content (AvgIpc) is 3.62. The van der Waals surface area contributed by atoms with E-state index >= 15 is 0 Å². The third-order valence-corrected chi connectivity index (χ3v) is 9.83. The molecule has 0 radical (unpaired) electrons. The van der Waals surface area contributed by atoms with Crippen molar-refractivity contribution in [2.75, 3.05) is 26.2 Å². The second kappa shape index (κ2) is 8.87. The summed E-state index contributed by atoms with van der Waals surface area (Å²) in [5.41, 5.74) is 3.54. The van der Waals surface area contributed by atoms with Gasteiger partial charge in [0.1, 0.15) is 0 Å². The van der Waals surface area contributed by atoms with Crippen molar-refractivity contribution in [2.45, 2.75) is 49.0 Å². The van der Waals surface area contributed by atoms with E-state index in [9.17, 15) is 8.42 Å². The standard InChI is InChI=1S/C27H32N4O2S/c32-34(33,23-8-7-21-9-13-28-27(21)18-23)31-14-3-4-22(31)12-17-30-15-10-20(11-16-30)25-19-29-26-6-2-1-5-24(25)26/h1-2,5-9,13,18-20,22,28-29H,3-4,10-12,14-17H2. The van der Waals surface area contributed by atoms with Crippen LogP contribution in [0.5, 0.6) is 0 Å². The average molecular weight is 477 g/mol. The van der Waals surface area contributed by atoms with E-state index in [1.165, 1.54) is 16.5 Å². The van der Waals surface area contributed by atoms with Gasteiger partial charge < -0.3 is 14.9 Å². The first-order chi connectivity index (χ1) is 16.6. The van der Waals surface area contributed by atoms with Crippen molar-refractivity contribution in [2.24, 2.45) is 0 Å². The Morgan fingerprint density at radius 3 is 2.65 bits per heavy atom.